The summed E-state index contributed by atoms with van der Waals surface area (Å²) in [6, 6.07) is 14.8. The second-order valence-electron chi connectivity index (χ2n) is 8.27. The molecule has 1 saturated heterocycles. The molecule has 2 N–H and O–H groups in total. The number of methoxy groups -OCH3 is 1. The van der Waals surface area contributed by atoms with Crippen LogP contribution in [0.15, 0.2) is 48.5 Å². The van der Waals surface area contributed by atoms with Crippen molar-refractivity contribution in [2.24, 2.45) is 5.92 Å². The Morgan fingerprint density at radius 2 is 1.94 bits per heavy atom. The first-order valence-electron chi connectivity index (χ1n) is 10.8. The Balaban J connectivity index is 1.54. The third-order valence-corrected chi connectivity index (χ3v) is 6.36. The summed E-state index contributed by atoms with van der Waals surface area (Å²) in [5, 5.41) is 7.16. The molecule has 2 aromatic carbocycles. The largest absolute Gasteiger partial charge is 0.497 e. The van der Waals surface area contributed by atoms with Gasteiger partial charge >= 0.3 is 0 Å². The van der Waals surface area contributed by atoms with Crippen molar-refractivity contribution in [2.45, 2.75) is 44.4 Å². The molecule has 3 atom stereocenters. The summed E-state index contributed by atoms with van der Waals surface area (Å²) < 4.78 is 5.24. The van der Waals surface area contributed by atoms with Crippen LogP contribution in [0.25, 0.3) is 0 Å². The molecule has 0 bridgehead atoms. The lowest BCUT2D eigenvalue weighted by Gasteiger charge is -2.41. The number of carbonyl (C=O) groups is 2. The first kappa shape index (κ1) is 21.7. The van der Waals surface area contributed by atoms with Gasteiger partial charge in [0, 0.05) is 23.2 Å². The van der Waals surface area contributed by atoms with Crippen LogP contribution in [0, 0.1) is 5.92 Å². The molecule has 6 nitrogen and oxygen atoms in total. The predicted molar refractivity (Wildman–Crippen MR) is 120 cm³/mol. The molecule has 0 aromatic heterocycles. The molecule has 0 radical (unpaired) electrons. The van der Waals surface area contributed by atoms with Crippen LogP contribution in [0.1, 0.15) is 41.6 Å². The number of hydrogen-bond acceptors (Lipinski definition) is 4. The van der Waals surface area contributed by atoms with E-state index in [1.807, 2.05) is 24.3 Å². The van der Waals surface area contributed by atoms with E-state index in [0.717, 1.165) is 37.0 Å². The van der Waals surface area contributed by atoms with Gasteiger partial charge in [0.25, 0.3) is 5.91 Å². The highest BCUT2D eigenvalue weighted by Crippen LogP contribution is 2.27. The zero-order valence-corrected chi connectivity index (χ0v) is 18.4. The van der Waals surface area contributed by atoms with Gasteiger partial charge in [-0.05, 0) is 48.7 Å². The first-order valence-corrected chi connectivity index (χ1v) is 11.2. The molecule has 4 rings (SSSR count). The Hall–Kier alpha value is -2.57. The van der Waals surface area contributed by atoms with Crippen molar-refractivity contribution in [1.82, 2.24) is 15.5 Å². The smallest absolute Gasteiger partial charge is 0.254 e. The molecule has 1 saturated carbocycles. The number of rotatable bonds is 6. The lowest BCUT2D eigenvalue weighted by molar-refractivity contribution is -0.131. The molecule has 2 amide bonds. The van der Waals surface area contributed by atoms with Crippen LogP contribution in [-0.2, 0) is 11.3 Å². The average molecular weight is 442 g/mol. The van der Waals surface area contributed by atoms with Crippen molar-refractivity contribution in [3.05, 3.63) is 64.7 Å². The van der Waals surface area contributed by atoms with E-state index in [9.17, 15) is 9.59 Å². The maximum Gasteiger partial charge on any atom is 0.254 e. The molecule has 7 heteroatoms. The van der Waals surface area contributed by atoms with Crippen molar-refractivity contribution in [1.29, 1.82) is 0 Å². The number of nitrogens with one attached hydrogen (secondary N) is 2. The Kier molecular flexibility index (Phi) is 6.78. The summed E-state index contributed by atoms with van der Waals surface area (Å²) in [7, 11) is 1.62. The zero-order chi connectivity index (χ0) is 21.8. The van der Waals surface area contributed by atoms with E-state index in [1.54, 1.807) is 36.3 Å². The molecule has 3 unspecified atom stereocenters. The molecule has 164 valence electrons. The summed E-state index contributed by atoms with van der Waals surface area (Å²) >= 11 is 6.12. The van der Waals surface area contributed by atoms with Gasteiger partial charge in [0.1, 0.15) is 5.75 Å². The number of carbonyl (C=O) groups excluding carboxylic acids is 2. The fourth-order valence-corrected chi connectivity index (χ4v) is 4.71. The van der Waals surface area contributed by atoms with Crippen LogP contribution in [0.3, 0.4) is 0 Å². The Morgan fingerprint density at radius 3 is 2.68 bits per heavy atom. The summed E-state index contributed by atoms with van der Waals surface area (Å²) in [6.07, 6.45) is 3.86. The van der Waals surface area contributed by atoms with E-state index >= 15 is 0 Å². The van der Waals surface area contributed by atoms with E-state index in [1.165, 1.54) is 0 Å². The number of fused-ring (bicyclic) bond motifs is 1. The molecule has 31 heavy (non-hydrogen) atoms. The molecule has 1 heterocycles. The van der Waals surface area contributed by atoms with Crippen LogP contribution in [0.2, 0.25) is 5.02 Å². The van der Waals surface area contributed by atoms with Gasteiger partial charge < -0.3 is 15.0 Å². The van der Waals surface area contributed by atoms with Gasteiger partial charge in [0.05, 0.1) is 25.7 Å². The van der Waals surface area contributed by atoms with E-state index in [0.29, 0.717) is 23.7 Å². The van der Waals surface area contributed by atoms with Gasteiger partial charge in [0.15, 0.2) is 0 Å². The highest BCUT2D eigenvalue weighted by atomic mass is 35.5. The molecule has 2 fully saturated rings. The molecule has 2 aromatic rings. The van der Waals surface area contributed by atoms with Gasteiger partial charge in [-0.2, -0.15) is 0 Å². The molecule has 0 spiro atoms. The van der Waals surface area contributed by atoms with Gasteiger partial charge in [-0.3, -0.25) is 14.9 Å². The summed E-state index contributed by atoms with van der Waals surface area (Å²) in [4.78, 5) is 27.8. The third-order valence-electron chi connectivity index (χ3n) is 6.13. The lowest BCUT2D eigenvalue weighted by atomic mass is 9.82. The van der Waals surface area contributed by atoms with Crippen molar-refractivity contribution in [3.63, 3.8) is 0 Å². The van der Waals surface area contributed by atoms with Crippen LogP contribution < -0.4 is 15.4 Å². The second kappa shape index (κ2) is 9.71. The summed E-state index contributed by atoms with van der Waals surface area (Å²) in [5.74, 6) is 0.762. The maximum atomic E-state index is 13.4. The van der Waals surface area contributed by atoms with E-state index in [-0.39, 0.29) is 29.9 Å². The highest BCUT2D eigenvalue weighted by Gasteiger charge is 2.38. The lowest BCUT2D eigenvalue weighted by Crippen LogP contribution is -2.65. The van der Waals surface area contributed by atoms with Crippen molar-refractivity contribution < 1.29 is 14.3 Å². The van der Waals surface area contributed by atoms with Crippen LogP contribution in [0.4, 0.5) is 0 Å². The zero-order valence-electron chi connectivity index (χ0n) is 17.6. The quantitative estimate of drug-likeness (QED) is 0.718. The van der Waals surface area contributed by atoms with Gasteiger partial charge in [-0.25, -0.2) is 0 Å². The van der Waals surface area contributed by atoms with Gasteiger partial charge in [0.2, 0.25) is 5.91 Å². The normalized spacial score (nSPS) is 22.9. The minimum Gasteiger partial charge on any atom is -0.497 e. The van der Waals surface area contributed by atoms with E-state index < -0.39 is 0 Å². The summed E-state index contributed by atoms with van der Waals surface area (Å²) in [6.45, 7) is 0.782. The number of nitrogens with zero attached hydrogens (tertiary/aromatic N) is 1. The third kappa shape index (κ3) is 5.20. The topological polar surface area (TPSA) is 70.7 Å². The molecule has 1 aliphatic carbocycles. The molecule has 2 aliphatic rings. The number of hydrogen-bond donors (Lipinski definition) is 2. The van der Waals surface area contributed by atoms with Crippen LogP contribution in [-0.4, -0.2) is 42.6 Å². The highest BCUT2D eigenvalue weighted by molar-refractivity contribution is 6.30. The average Bonchev–Trinajstić information content (AvgIpc) is 2.79. The monoisotopic (exact) mass is 441 g/mol. The van der Waals surface area contributed by atoms with Crippen molar-refractivity contribution >= 4 is 23.4 Å². The Morgan fingerprint density at radius 1 is 1.16 bits per heavy atom. The SMILES string of the molecule is COc1ccc(CN(CC2NC(=O)C3CCCCC3N2)C(=O)c2cccc(Cl)c2)cc1. The van der Waals surface area contributed by atoms with Crippen LogP contribution in [0.5, 0.6) is 5.75 Å². The first-order chi connectivity index (χ1) is 15.0. The standard InChI is InChI=1S/C24H28ClN3O3/c1-31-19-11-9-16(10-12-19)14-28(24(30)17-5-4-6-18(25)13-17)15-22-26-21-8-3-2-7-20(21)23(29)27-22/h4-6,9-13,20-22,26H,2-3,7-8,14-15H2,1H3,(H,27,29). The van der Waals surface area contributed by atoms with Gasteiger partial charge in [-0.1, -0.05) is 42.6 Å². The molecular formula is C24H28ClN3O3. The maximum absolute atomic E-state index is 13.4. The predicted octanol–water partition coefficient (Wildman–Crippen LogP) is 3.60. The minimum absolute atomic E-state index is 0.0312. The number of ether oxygens (including phenoxy) is 1. The fourth-order valence-electron chi connectivity index (χ4n) is 4.52. The van der Waals surface area contributed by atoms with Crippen molar-refractivity contribution in [2.75, 3.05) is 13.7 Å². The van der Waals surface area contributed by atoms with Crippen LogP contribution >= 0.6 is 11.6 Å². The number of amides is 2. The van der Waals surface area contributed by atoms with Gasteiger partial charge in [-0.15, -0.1) is 0 Å². The minimum atomic E-state index is -0.284. The van der Waals surface area contributed by atoms with E-state index in [4.69, 9.17) is 16.3 Å². The second-order valence-corrected chi connectivity index (χ2v) is 8.71. The number of halogens is 1. The number of benzene rings is 2. The Labute approximate surface area is 187 Å². The fraction of sp³-hybridized carbons (Fsp3) is 0.417. The Bertz CT molecular complexity index is 934. The molecule has 1 aliphatic heterocycles. The van der Waals surface area contributed by atoms with Crippen molar-refractivity contribution in [3.8, 4) is 5.75 Å². The molecular weight excluding hydrogens is 414 g/mol. The summed E-state index contributed by atoms with van der Waals surface area (Å²) in [5.41, 5.74) is 1.51. The van der Waals surface area contributed by atoms with E-state index in [2.05, 4.69) is 10.6 Å².